The Morgan fingerprint density at radius 1 is 1.11 bits per heavy atom. The van der Waals surface area contributed by atoms with Gasteiger partial charge in [-0.15, -0.1) is 0 Å². The van der Waals surface area contributed by atoms with Gasteiger partial charge in [-0.2, -0.15) is 14.6 Å². The Hall–Kier alpha value is -4.70. The number of carbonyl (C=O) groups excluding carboxylic acids is 1. The van der Waals surface area contributed by atoms with Gasteiger partial charge in [-0.05, 0) is 81.1 Å². The topological polar surface area (TPSA) is 105 Å². The second-order valence-corrected chi connectivity index (χ2v) is 13.3. The molecule has 0 spiro atoms. The van der Waals surface area contributed by atoms with Crippen LogP contribution in [0.5, 0.6) is 11.6 Å². The van der Waals surface area contributed by atoms with Gasteiger partial charge in [0.25, 0.3) is 12.8 Å². The number of rotatable bonds is 11. The average Bonchev–Trinajstić information content (AvgIpc) is 3.74. The number of aryl methyl sites for hydroxylation is 1. The quantitative estimate of drug-likeness (QED) is 0.172. The first-order valence-electron chi connectivity index (χ1n) is 16.1. The van der Waals surface area contributed by atoms with E-state index < -0.39 is 5.60 Å². The lowest BCUT2D eigenvalue weighted by atomic mass is 9.57. The molecule has 7 rings (SSSR count). The van der Waals surface area contributed by atoms with Crippen molar-refractivity contribution in [1.29, 1.82) is 0 Å². The van der Waals surface area contributed by atoms with Crippen LogP contribution in [-0.2, 0) is 6.32 Å². The van der Waals surface area contributed by atoms with Gasteiger partial charge in [0.15, 0.2) is 5.65 Å². The molecule has 3 heterocycles. The van der Waals surface area contributed by atoms with Crippen LogP contribution in [-0.4, -0.2) is 55.6 Å². The summed E-state index contributed by atoms with van der Waals surface area (Å²) in [7, 11) is 0. The number of nitrogens with one attached hydrogen (secondary N) is 1. The van der Waals surface area contributed by atoms with E-state index in [-0.39, 0.29) is 12.8 Å². The molecule has 2 aliphatic carbocycles. The van der Waals surface area contributed by atoms with Crippen molar-refractivity contribution in [3.8, 4) is 22.8 Å². The molecule has 2 aromatic carbocycles. The second-order valence-electron chi connectivity index (χ2n) is 13.3. The van der Waals surface area contributed by atoms with Crippen molar-refractivity contribution in [3.05, 3.63) is 102 Å². The standard InChI is InChI=1S/C36H39BN6O3/c1-24-16-27(11-14-30(24)35(44)40-28-12-13-28)31-22-39-43-33(17-32(41-34(31)43)46-29-10-7-15-38-21-29)42(23-26-18-36(2,45)19-26)37(3)20-25-8-5-4-6-9-25/h4-11,14-17,21-22,26,28,45H,12-13,18-20,23H2,1-3H3,(H,40,44). The molecule has 2 N–H and O–H groups in total. The Labute approximate surface area is 269 Å². The zero-order valence-electron chi connectivity index (χ0n) is 26.6. The zero-order chi connectivity index (χ0) is 31.8. The molecule has 0 unspecified atom stereocenters. The summed E-state index contributed by atoms with van der Waals surface area (Å²) in [5.41, 5.74) is 4.62. The van der Waals surface area contributed by atoms with Gasteiger partial charge in [0.1, 0.15) is 11.6 Å². The number of pyridine rings is 1. The van der Waals surface area contributed by atoms with Crippen LogP contribution < -0.4 is 14.9 Å². The van der Waals surface area contributed by atoms with E-state index in [9.17, 15) is 9.90 Å². The van der Waals surface area contributed by atoms with E-state index in [1.807, 2.05) is 67.0 Å². The van der Waals surface area contributed by atoms with Gasteiger partial charge in [-0.1, -0.05) is 54.9 Å². The molecule has 0 atom stereocenters. The average molecular weight is 615 g/mol. The minimum atomic E-state index is -0.625. The summed E-state index contributed by atoms with van der Waals surface area (Å²) in [5, 5.41) is 18.6. The fraction of sp³-hybridized carbons (Fsp3) is 0.333. The number of aliphatic hydroxyl groups is 1. The molecule has 1 amide bonds. The summed E-state index contributed by atoms with van der Waals surface area (Å²) in [5.74, 6) is 2.20. The van der Waals surface area contributed by atoms with Gasteiger partial charge in [-0.3, -0.25) is 9.78 Å². The number of hydrogen-bond donors (Lipinski definition) is 2. The van der Waals surface area contributed by atoms with Gasteiger partial charge in [0.2, 0.25) is 5.88 Å². The third kappa shape index (κ3) is 6.48. The smallest absolute Gasteiger partial charge is 0.257 e. The molecule has 2 aliphatic rings. The maximum atomic E-state index is 12.8. The number of anilines is 1. The van der Waals surface area contributed by atoms with Crippen molar-refractivity contribution in [2.75, 3.05) is 11.4 Å². The molecule has 10 heteroatoms. The number of benzene rings is 2. The maximum absolute atomic E-state index is 12.8. The molecule has 9 nitrogen and oxygen atoms in total. The molecular formula is C36H39BN6O3. The maximum Gasteiger partial charge on any atom is 0.257 e. The third-order valence-corrected chi connectivity index (χ3v) is 9.09. The number of fused-ring (bicyclic) bond motifs is 1. The van der Waals surface area contributed by atoms with Gasteiger partial charge >= 0.3 is 0 Å². The molecule has 0 saturated heterocycles. The lowest BCUT2D eigenvalue weighted by Crippen LogP contribution is -2.50. The molecule has 0 radical (unpaired) electrons. The van der Waals surface area contributed by atoms with E-state index in [1.54, 1.807) is 12.4 Å². The number of carbonyl (C=O) groups is 1. The van der Waals surface area contributed by atoms with E-state index >= 15 is 0 Å². The Morgan fingerprint density at radius 3 is 2.61 bits per heavy atom. The summed E-state index contributed by atoms with van der Waals surface area (Å²) in [6.45, 7) is 6.98. The zero-order valence-corrected chi connectivity index (χ0v) is 26.6. The Bertz CT molecular complexity index is 1850. The SMILES string of the molecule is CB(Cc1ccccc1)N(CC1CC(C)(O)C1)c1cc(Oc2cccnc2)nc2c(-c3ccc(C(=O)NC4CC4)c(C)c3)cnn12. The van der Waals surface area contributed by atoms with Crippen LogP contribution in [0.15, 0.2) is 85.3 Å². The van der Waals surface area contributed by atoms with Crippen LogP contribution in [0.1, 0.15) is 54.1 Å². The Kier molecular flexibility index (Phi) is 7.98. The van der Waals surface area contributed by atoms with Gasteiger partial charge in [0, 0.05) is 36.0 Å². The molecule has 234 valence electrons. The lowest BCUT2D eigenvalue weighted by molar-refractivity contribution is -0.0533. The van der Waals surface area contributed by atoms with Crippen molar-refractivity contribution in [1.82, 2.24) is 24.9 Å². The van der Waals surface area contributed by atoms with E-state index in [4.69, 9.17) is 14.8 Å². The van der Waals surface area contributed by atoms with Crippen molar-refractivity contribution >= 4 is 24.2 Å². The van der Waals surface area contributed by atoms with Crippen LogP contribution in [0.4, 0.5) is 5.82 Å². The predicted molar refractivity (Wildman–Crippen MR) is 180 cm³/mol. The first-order chi connectivity index (χ1) is 22.2. The fourth-order valence-electron chi connectivity index (χ4n) is 6.65. The number of aromatic nitrogens is 4. The van der Waals surface area contributed by atoms with E-state index in [0.29, 0.717) is 34.8 Å². The summed E-state index contributed by atoms with van der Waals surface area (Å²) < 4.78 is 8.19. The van der Waals surface area contributed by atoms with Gasteiger partial charge in [0.05, 0.1) is 18.0 Å². The van der Waals surface area contributed by atoms with Crippen LogP contribution in [0.25, 0.3) is 16.8 Å². The molecule has 0 aliphatic heterocycles. The summed E-state index contributed by atoms with van der Waals surface area (Å²) in [6, 6.07) is 22.3. The van der Waals surface area contributed by atoms with Crippen molar-refractivity contribution in [3.63, 3.8) is 0 Å². The third-order valence-electron chi connectivity index (χ3n) is 9.09. The summed E-state index contributed by atoms with van der Waals surface area (Å²) in [6.07, 6.45) is 9.65. The number of amides is 1. The largest absolute Gasteiger partial charge is 0.437 e. The van der Waals surface area contributed by atoms with E-state index in [1.165, 1.54) is 5.56 Å². The van der Waals surface area contributed by atoms with Gasteiger partial charge in [-0.25, -0.2) is 0 Å². The van der Waals surface area contributed by atoms with E-state index in [2.05, 4.69) is 46.2 Å². The normalized spacial score (nSPS) is 19.0. The first-order valence-corrected chi connectivity index (χ1v) is 16.1. The predicted octanol–water partition coefficient (Wildman–Crippen LogP) is 6.15. The molecule has 2 fully saturated rings. The summed E-state index contributed by atoms with van der Waals surface area (Å²) >= 11 is 0. The van der Waals surface area contributed by atoms with Crippen molar-refractivity contribution in [2.24, 2.45) is 5.92 Å². The van der Waals surface area contributed by atoms with Crippen LogP contribution in [0.2, 0.25) is 6.82 Å². The minimum absolute atomic E-state index is 0.0306. The monoisotopic (exact) mass is 614 g/mol. The number of nitrogens with zero attached hydrogens (tertiary/aromatic N) is 5. The number of hydrogen-bond acceptors (Lipinski definition) is 7. The van der Waals surface area contributed by atoms with Crippen LogP contribution in [0.3, 0.4) is 0 Å². The molecule has 2 saturated carbocycles. The van der Waals surface area contributed by atoms with Crippen LogP contribution in [0, 0.1) is 12.8 Å². The molecular weight excluding hydrogens is 575 g/mol. The fourth-order valence-corrected chi connectivity index (χ4v) is 6.65. The number of ether oxygens (including phenoxy) is 1. The highest BCUT2D eigenvalue weighted by molar-refractivity contribution is 6.61. The Balaban J connectivity index is 1.30. The summed E-state index contributed by atoms with van der Waals surface area (Å²) in [4.78, 5) is 24.4. The van der Waals surface area contributed by atoms with E-state index in [0.717, 1.165) is 61.1 Å². The molecule has 46 heavy (non-hydrogen) atoms. The minimum Gasteiger partial charge on any atom is -0.437 e. The second kappa shape index (κ2) is 12.2. The first kappa shape index (κ1) is 30.0. The molecule has 3 aromatic heterocycles. The Morgan fingerprint density at radius 2 is 1.91 bits per heavy atom. The molecule has 5 aromatic rings. The molecule has 0 bridgehead atoms. The highest BCUT2D eigenvalue weighted by atomic mass is 16.5. The highest BCUT2D eigenvalue weighted by Gasteiger charge is 2.40. The lowest BCUT2D eigenvalue weighted by Gasteiger charge is -2.44. The van der Waals surface area contributed by atoms with Crippen molar-refractivity contribution in [2.45, 2.75) is 64.3 Å². The van der Waals surface area contributed by atoms with Crippen LogP contribution >= 0.6 is 0 Å². The van der Waals surface area contributed by atoms with Gasteiger partial charge < -0.3 is 20.0 Å². The highest BCUT2D eigenvalue weighted by Crippen LogP contribution is 2.40. The van der Waals surface area contributed by atoms with Crippen molar-refractivity contribution < 1.29 is 14.6 Å².